The van der Waals surface area contributed by atoms with Crippen LogP contribution in [0.25, 0.3) is 0 Å². The van der Waals surface area contributed by atoms with Gasteiger partial charge in [0.15, 0.2) is 0 Å². The van der Waals surface area contributed by atoms with Gasteiger partial charge in [0.25, 0.3) is 0 Å². The molecule has 0 bridgehead atoms. The average molecular weight is 281 g/mol. The quantitative estimate of drug-likeness (QED) is 0.839. The molecule has 3 N–H and O–H groups in total. The molecule has 5 heteroatoms. The van der Waals surface area contributed by atoms with Gasteiger partial charge in [-0.05, 0) is 42.5 Å². The number of halogens is 2. The predicted molar refractivity (Wildman–Crippen MR) is 77.0 cm³/mol. The zero-order chi connectivity index (χ0) is 13.1. The van der Waals surface area contributed by atoms with E-state index < -0.39 is 5.82 Å². The van der Waals surface area contributed by atoms with Crippen molar-refractivity contribution in [3.05, 3.63) is 58.9 Å². The molecule has 0 atom stereocenters. The van der Waals surface area contributed by atoms with Gasteiger partial charge in [-0.2, -0.15) is 0 Å². The van der Waals surface area contributed by atoms with Gasteiger partial charge in [0, 0.05) is 22.0 Å². The molecule has 2 aromatic rings. The van der Waals surface area contributed by atoms with Gasteiger partial charge in [-0.15, -0.1) is 0 Å². The van der Waals surface area contributed by atoms with Gasteiger partial charge in [-0.25, -0.2) is 4.39 Å². The maximum Gasteiger partial charge on any atom is 0.135 e. The van der Waals surface area contributed by atoms with Crippen LogP contribution in [0.4, 0.5) is 15.8 Å². The van der Waals surface area contributed by atoms with Crippen LogP contribution >= 0.6 is 23.8 Å². The van der Waals surface area contributed by atoms with Crippen molar-refractivity contribution in [3.8, 4) is 0 Å². The molecule has 0 heterocycles. The van der Waals surface area contributed by atoms with Crippen molar-refractivity contribution in [2.24, 2.45) is 5.73 Å². The van der Waals surface area contributed by atoms with E-state index in [2.05, 4.69) is 5.32 Å². The number of anilines is 2. The lowest BCUT2D eigenvalue weighted by atomic mass is 10.2. The third-order valence-corrected chi connectivity index (χ3v) is 2.84. The molecule has 0 unspecified atom stereocenters. The third-order valence-electron chi connectivity index (χ3n) is 2.37. The second-order valence-corrected chi connectivity index (χ2v) is 4.57. The topological polar surface area (TPSA) is 38.0 Å². The highest BCUT2D eigenvalue weighted by Gasteiger charge is 2.05. The Labute approximate surface area is 115 Å². The minimum absolute atomic E-state index is 0.0468. The molecule has 0 aliphatic carbocycles. The van der Waals surface area contributed by atoms with Gasteiger partial charge in [-0.1, -0.05) is 23.8 Å². The summed E-state index contributed by atoms with van der Waals surface area (Å²) in [6.07, 6.45) is 0. The molecule has 18 heavy (non-hydrogen) atoms. The summed E-state index contributed by atoms with van der Waals surface area (Å²) in [6.45, 7) is 0. The summed E-state index contributed by atoms with van der Waals surface area (Å²) < 4.78 is 13.6. The van der Waals surface area contributed by atoms with Crippen LogP contribution in [0.3, 0.4) is 0 Å². The molecule has 0 amide bonds. The summed E-state index contributed by atoms with van der Waals surface area (Å²) in [5, 5.41) is 3.70. The van der Waals surface area contributed by atoms with E-state index in [1.165, 1.54) is 6.07 Å². The Morgan fingerprint density at radius 3 is 2.28 bits per heavy atom. The van der Waals surface area contributed by atoms with E-state index in [0.717, 1.165) is 5.69 Å². The smallest absolute Gasteiger partial charge is 0.135 e. The number of nitrogens with two attached hydrogens (primary N) is 1. The lowest BCUT2D eigenvalue weighted by Crippen LogP contribution is -2.11. The molecule has 2 aromatic carbocycles. The van der Waals surface area contributed by atoms with Crippen molar-refractivity contribution in [1.29, 1.82) is 0 Å². The predicted octanol–water partition coefficient (Wildman–Crippen LogP) is 3.86. The average Bonchev–Trinajstić information content (AvgIpc) is 2.32. The highest BCUT2D eigenvalue weighted by Crippen LogP contribution is 2.21. The van der Waals surface area contributed by atoms with Crippen molar-refractivity contribution >= 4 is 40.2 Å². The molecule has 0 aliphatic heterocycles. The first kappa shape index (κ1) is 12.8. The molecule has 0 aromatic heterocycles. The highest BCUT2D eigenvalue weighted by atomic mass is 35.5. The van der Waals surface area contributed by atoms with Crippen LogP contribution in [-0.4, -0.2) is 4.99 Å². The molecule has 0 spiro atoms. The minimum Gasteiger partial charge on any atom is -0.389 e. The molecule has 92 valence electrons. The highest BCUT2D eigenvalue weighted by molar-refractivity contribution is 7.80. The van der Waals surface area contributed by atoms with E-state index in [1.807, 2.05) is 12.1 Å². The SMILES string of the molecule is NC(=S)c1ccc(Nc2ccc(Cl)cc2)cc1F. The molecule has 0 radical (unpaired) electrons. The van der Waals surface area contributed by atoms with Crippen LogP contribution < -0.4 is 11.1 Å². The summed E-state index contributed by atoms with van der Waals surface area (Å²) in [5.74, 6) is -0.443. The number of thiocarbonyl (C=S) groups is 1. The number of hydrogen-bond acceptors (Lipinski definition) is 2. The monoisotopic (exact) mass is 280 g/mol. The maximum atomic E-state index is 13.6. The van der Waals surface area contributed by atoms with E-state index in [1.54, 1.807) is 24.3 Å². The molecule has 2 nitrogen and oxygen atoms in total. The van der Waals surface area contributed by atoms with E-state index in [0.29, 0.717) is 10.7 Å². The fourth-order valence-electron chi connectivity index (χ4n) is 1.49. The first-order valence-electron chi connectivity index (χ1n) is 5.18. The van der Waals surface area contributed by atoms with Crippen LogP contribution in [0.5, 0.6) is 0 Å². The Morgan fingerprint density at radius 1 is 1.11 bits per heavy atom. The van der Waals surface area contributed by atoms with Crippen LogP contribution in [-0.2, 0) is 0 Å². The zero-order valence-corrected chi connectivity index (χ0v) is 10.9. The minimum atomic E-state index is -0.443. The van der Waals surface area contributed by atoms with E-state index >= 15 is 0 Å². The number of hydrogen-bond donors (Lipinski definition) is 2. The zero-order valence-electron chi connectivity index (χ0n) is 9.28. The molecule has 2 rings (SSSR count). The van der Waals surface area contributed by atoms with E-state index in [-0.39, 0.29) is 10.6 Å². The summed E-state index contributed by atoms with van der Waals surface area (Å²) >= 11 is 10.5. The number of benzene rings is 2. The Hall–Kier alpha value is -1.65. The van der Waals surface area contributed by atoms with Gasteiger partial charge >= 0.3 is 0 Å². The second kappa shape index (κ2) is 5.33. The van der Waals surface area contributed by atoms with Gasteiger partial charge in [-0.3, -0.25) is 0 Å². The largest absolute Gasteiger partial charge is 0.389 e. The normalized spacial score (nSPS) is 10.1. The number of nitrogens with one attached hydrogen (secondary N) is 1. The first-order valence-corrected chi connectivity index (χ1v) is 5.97. The van der Waals surface area contributed by atoms with Gasteiger partial charge < -0.3 is 11.1 Å². The molecule has 0 fully saturated rings. The van der Waals surface area contributed by atoms with Crippen molar-refractivity contribution in [2.75, 3.05) is 5.32 Å². The fourth-order valence-corrected chi connectivity index (χ4v) is 1.78. The Balaban J connectivity index is 2.22. The molecule has 0 aliphatic rings. The molecule has 0 saturated carbocycles. The molecular weight excluding hydrogens is 271 g/mol. The van der Waals surface area contributed by atoms with Crippen molar-refractivity contribution in [1.82, 2.24) is 0 Å². The van der Waals surface area contributed by atoms with Crippen molar-refractivity contribution in [3.63, 3.8) is 0 Å². The summed E-state index contributed by atoms with van der Waals surface area (Å²) in [7, 11) is 0. The van der Waals surface area contributed by atoms with Crippen LogP contribution in [0.1, 0.15) is 5.56 Å². The van der Waals surface area contributed by atoms with Crippen molar-refractivity contribution < 1.29 is 4.39 Å². The lowest BCUT2D eigenvalue weighted by molar-refractivity contribution is 0.626. The molecular formula is C13H10ClFN2S. The second-order valence-electron chi connectivity index (χ2n) is 3.69. The van der Waals surface area contributed by atoms with E-state index in [9.17, 15) is 4.39 Å². The Morgan fingerprint density at radius 2 is 1.72 bits per heavy atom. The Bertz CT molecular complexity index is 584. The summed E-state index contributed by atoms with van der Waals surface area (Å²) in [5.41, 5.74) is 7.07. The van der Waals surface area contributed by atoms with Crippen LogP contribution in [0.15, 0.2) is 42.5 Å². The third kappa shape index (κ3) is 2.97. The first-order chi connectivity index (χ1) is 8.56. The van der Waals surface area contributed by atoms with Gasteiger partial charge in [0.2, 0.25) is 0 Å². The lowest BCUT2D eigenvalue weighted by Gasteiger charge is -2.08. The summed E-state index contributed by atoms with van der Waals surface area (Å²) in [6, 6.07) is 11.7. The number of rotatable bonds is 3. The fraction of sp³-hybridized carbons (Fsp3) is 0. The van der Waals surface area contributed by atoms with Crippen molar-refractivity contribution in [2.45, 2.75) is 0 Å². The maximum absolute atomic E-state index is 13.6. The van der Waals surface area contributed by atoms with Gasteiger partial charge in [0.05, 0.1) is 0 Å². The van der Waals surface area contributed by atoms with Crippen LogP contribution in [0.2, 0.25) is 5.02 Å². The van der Waals surface area contributed by atoms with Crippen LogP contribution in [0, 0.1) is 5.82 Å². The van der Waals surface area contributed by atoms with E-state index in [4.69, 9.17) is 29.6 Å². The molecule has 0 saturated heterocycles. The van der Waals surface area contributed by atoms with Gasteiger partial charge in [0.1, 0.15) is 10.8 Å². The summed E-state index contributed by atoms with van der Waals surface area (Å²) in [4.78, 5) is 0.0468. The Kier molecular flexibility index (Phi) is 3.79. The standard InChI is InChI=1S/C13H10ClFN2S/c14-8-1-3-9(4-2-8)17-10-5-6-11(13(16)18)12(15)7-10/h1-7,17H,(H2,16,18).